The van der Waals surface area contributed by atoms with Gasteiger partial charge in [-0.25, -0.2) is 0 Å². The van der Waals surface area contributed by atoms with Crippen molar-refractivity contribution >= 4 is 29.4 Å². The second-order valence-corrected chi connectivity index (χ2v) is 23.5. The van der Waals surface area contributed by atoms with Crippen LogP contribution in [0.2, 0.25) is 52.4 Å². The predicted molar refractivity (Wildman–Crippen MR) is 107 cm³/mol. The summed E-state index contributed by atoms with van der Waals surface area (Å²) in [5.74, 6) is 0. The molecule has 0 atom stereocenters. The van der Waals surface area contributed by atoms with Crippen LogP contribution < -0.4 is 5.19 Å². The van der Waals surface area contributed by atoms with Gasteiger partial charge in [-0.05, 0) is 0 Å². The maximum Gasteiger partial charge on any atom is 0.103 e. The van der Waals surface area contributed by atoms with E-state index in [0.717, 1.165) is 0 Å². The van der Waals surface area contributed by atoms with E-state index in [0.29, 0.717) is 0 Å². The molecule has 0 amide bonds. The first-order chi connectivity index (χ1) is 9.44. The molecule has 1 rings (SSSR count). The molecular weight excluding hydrogens is 300 g/mol. The molecule has 0 radical (unpaired) electrons. The molecule has 0 saturated heterocycles. The molecule has 0 saturated carbocycles. The molecule has 0 N–H and O–H groups in total. The van der Waals surface area contributed by atoms with Crippen molar-refractivity contribution in [2.45, 2.75) is 52.4 Å². The minimum atomic E-state index is -1.55. The van der Waals surface area contributed by atoms with Crippen LogP contribution in [0.1, 0.15) is 0 Å². The highest BCUT2D eigenvalue weighted by molar-refractivity contribution is 7.10. The Balaban J connectivity index is 3.27. The average Bonchev–Trinajstić information content (AvgIpc) is 2.32. The van der Waals surface area contributed by atoms with Crippen LogP contribution >= 0.6 is 0 Å². The smallest absolute Gasteiger partial charge is 0.0950 e. The molecular formula is C18H32Si3. The molecule has 0 bridgehead atoms. The summed E-state index contributed by atoms with van der Waals surface area (Å²) >= 11 is 0. The van der Waals surface area contributed by atoms with Gasteiger partial charge in [-0.2, -0.15) is 0 Å². The van der Waals surface area contributed by atoms with E-state index in [-0.39, 0.29) is 0 Å². The van der Waals surface area contributed by atoms with Crippen molar-refractivity contribution in [3.63, 3.8) is 0 Å². The Hall–Kier alpha value is -0.649. The zero-order valence-electron chi connectivity index (χ0n) is 15.1. The van der Waals surface area contributed by atoms with Crippen LogP contribution in [0.15, 0.2) is 53.0 Å². The molecule has 3 heteroatoms. The first-order valence-electron chi connectivity index (χ1n) is 7.90. The van der Waals surface area contributed by atoms with Gasteiger partial charge in [0.2, 0.25) is 0 Å². The molecule has 0 spiro atoms. The van der Waals surface area contributed by atoms with Gasteiger partial charge >= 0.3 is 0 Å². The molecule has 0 aromatic heterocycles. The Morgan fingerprint density at radius 2 is 1.33 bits per heavy atom. The molecule has 1 aromatic carbocycles. The molecule has 0 aliphatic heterocycles. The van der Waals surface area contributed by atoms with Crippen LogP contribution in [0.4, 0.5) is 0 Å². The fourth-order valence-corrected chi connectivity index (χ4v) is 13.9. The van der Waals surface area contributed by atoms with Gasteiger partial charge in [0.15, 0.2) is 0 Å². The summed E-state index contributed by atoms with van der Waals surface area (Å²) in [6.45, 7) is 19.7. The monoisotopic (exact) mass is 332 g/mol. The molecule has 1 aromatic rings. The Kier molecular flexibility index (Phi) is 5.81. The minimum Gasteiger partial charge on any atom is -0.0950 e. The van der Waals surface area contributed by atoms with E-state index in [2.05, 4.69) is 101 Å². The molecule has 0 aliphatic carbocycles. The first kappa shape index (κ1) is 18.4. The summed E-state index contributed by atoms with van der Waals surface area (Å²) in [7, 11) is -3.98. The van der Waals surface area contributed by atoms with Crippen molar-refractivity contribution < 1.29 is 0 Å². The average molecular weight is 333 g/mol. The SMILES string of the molecule is C[Si](C)(C)/C=C/C=C(/[Si](C)(C)C)[Si](C)(C)c1ccccc1. The van der Waals surface area contributed by atoms with Gasteiger partial charge in [-0.15, -0.1) is 0 Å². The standard InChI is InChI=1S/C18H32Si3/c1-19(2,3)16-12-15-18(20(4,5)6)21(7,8)17-13-10-9-11-14-17/h9-16H,1-8H3/b16-12+,18-15-. The number of hydrogen-bond donors (Lipinski definition) is 0. The largest absolute Gasteiger partial charge is 0.103 e. The van der Waals surface area contributed by atoms with Gasteiger partial charge < -0.3 is 0 Å². The van der Waals surface area contributed by atoms with Crippen molar-refractivity contribution in [3.8, 4) is 0 Å². The van der Waals surface area contributed by atoms with E-state index in [9.17, 15) is 0 Å². The maximum absolute atomic E-state index is 2.51. The summed E-state index contributed by atoms with van der Waals surface area (Å²) in [6.07, 6.45) is 4.83. The fourth-order valence-electron chi connectivity index (χ4n) is 2.84. The van der Waals surface area contributed by atoms with Crippen molar-refractivity contribution in [3.05, 3.63) is 53.0 Å². The van der Waals surface area contributed by atoms with Gasteiger partial charge in [0.1, 0.15) is 8.07 Å². The van der Waals surface area contributed by atoms with E-state index in [1.165, 1.54) is 0 Å². The normalized spacial score (nSPS) is 14.8. The summed E-state index contributed by atoms with van der Waals surface area (Å²) in [6, 6.07) is 11.1. The third kappa shape index (κ3) is 5.57. The van der Waals surface area contributed by atoms with Gasteiger partial charge in [-0.3, -0.25) is 0 Å². The lowest BCUT2D eigenvalue weighted by Crippen LogP contribution is -2.51. The fraction of sp³-hybridized carbons (Fsp3) is 0.444. The van der Waals surface area contributed by atoms with Crippen molar-refractivity contribution in [1.82, 2.24) is 0 Å². The van der Waals surface area contributed by atoms with Gasteiger partial charge in [0.05, 0.1) is 16.1 Å². The third-order valence-corrected chi connectivity index (χ3v) is 14.2. The van der Waals surface area contributed by atoms with E-state index in [1.807, 2.05) is 0 Å². The van der Waals surface area contributed by atoms with Crippen LogP contribution in [0, 0.1) is 0 Å². The van der Waals surface area contributed by atoms with Gasteiger partial charge in [0.25, 0.3) is 0 Å². The van der Waals surface area contributed by atoms with Crippen molar-refractivity contribution in [2.24, 2.45) is 0 Å². The summed E-state index contributed by atoms with van der Waals surface area (Å²) < 4.78 is 0. The Bertz CT molecular complexity index is 512. The van der Waals surface area contributed by atoms with Crippen molar-refractivity contribution in [1.29, 1.82) is 0 Å². The lowest BCUT2D eigenvalue weighted by atomic mass is 10.4. The molecule has 0 heterocycles. The highest BCUT2D eigenvalue weighted by atomic mass is 28.4. The van der Waals surface area contributed by atoms with E-state index in [4.69, 9.17) is 0 Å². The third-order valence-electron chi connectivity index (χ3n) is 3.84. The first-order valence-corrected chi connectivity index (χ1v) is 18.0. The molecule has 0 nitrogen and oxygen atoms in total. The lowest BCUT2D eigenvalue weighted by molar-refractivity contribution is 1.62. The zero-order chi connectivity index (χ0) is 16.3. The minimum absolute atomic E-state index is 1.12. The number of allylic oxidation sites excluding steroid dienone is 2. The number of rotatable bonds is 5. The predicted octanol–water partition coefficient (Wildman–Crippen LogP) is 5.38. The van der Waals surface area contributed by atoms with Crippen LogP contribution in [-0.4, -0.2) is 24.2 Å². The topological polar surface area (TPSA) is 0 Å². The highest BCUT2D eigenvalue weighted by Crippen LogP contribution is 2.25. The summed E-state index contributed by atoms with van der Waals surface area (Å²) in [5.41, 5.74) is 2.46. The quantitative estimate of drug-likeness (QED) is 0.501. The maximum atomic E-state index is 2.51. The molecule has 0 aliphatic rings. The van der Waals surface area contributed by atoms with Crippen LogP contribution in [0.3, 0.4) is 0 Å². The van der Waals surface area contributed by atoms with E-state index < -0.39 is 24.2 Å². The molecule has 0 unspecified atom stereocenters. The highest BCUT2D eigenvalue weighted by Gasteiger charge is 2.35. The van der Waals surface area contributed by atoms with Crippen molar-refractivity contribution in [2.75, 3.05) is 0 Å². The Morgan fingerprint density at radius 1 is 0.810 bits per heavy atom. The van der Waals surface area contributed by atoms with E-state index in [1.54, 1.807) is 10.0 Å². The number of hydrogen-bond acceptors (Lipinski definition) is 0. The zero-order valence-corrected chi connectivity index (χ0v) is 18.1. The molecule has 116 valence electrons. The van der Waals surface area contributed by atoms with Crippen LogP contribution in [0.25, 0.3) is 0 Å². The Labute approximate surface area is 135 Å². The van der Waals surface area contributed by atoms with Gasteiger partial charge in [-0.1, -0.05) is 111 Å². The number of benzene rings is 1. The summed E-state index contributed by atoms with van der Waals surface area (Å²) in [5, 5.41) is 1.56. The van der Waals surface area contributed by atoms with Crippen LogP contribution in [-0.2, 0) is 0 Å². The van der Waals surface area contributed by atoms with Crippen LogP contribution in [0.5, 0.6) is 0 Å². The lowest BCUT2D eigenvalue weighted by Gasteiger charge is -2.34. The molecule has 21 heavy (non-hydrogen) atoms. The summed E-state index contributed by atoms with van der Waals surface area (Å²) in [4.78, 5) is 1.76. The van der Waals surface area contributed by atoms with Gasteiger partial charge in [0, 0.05) is 0 Å². The molecule has 0 fully saturated rings. The second kappa shape index (κ2) is 6.63. The second-order valence-electron chi connectivity index (χ2n) is 8.55. The Morgan fingerprint density at radius 3 is 1.76 bits per heavy atom. The van der Waals surface area contributed by atoms with E-state index >= 15 is 0 Å².